The molecule has 1 aliphatic carbocycles. The minimum atomic E-state index is 0. The zero-order valence-corrected chi connectivity index (χ0v) is 14.5. The van der Waals surface area contributed by atoms with Crippen molar-refractivity contribution in [3.8, 4) is 11.1 Å². The van der Waals surface area contributed by atoms with Crippen molar-refractivity contribution in [1.82, 2.24) is 0 Å². The largest absolute Gasteiger partial charge is 0.147 e. The second kappa shape index (κ2) is 5.18. The molecule has 0 saturated carbocycles. The summed E-state index contributed by atoms with van der Waals surface area (Å²) in [6.45, 7) is 0. The summed E-state index contributed by atoms with van der Waals surface area (Å²) in [6, 6.07) is 27.3. The summed E-state index contributed by atoms with van der Waals surface area (Å²) < 4.78 is 0. The molecule has 0 atom stereocenters. The van der Waals surface area contributed by atoms with Crippen LogP contribution in [0.2, 0.25) is 0 Å². The van der Waals surface area contributed by atoms with Crippen LogP contribution in [0.1, 0.15) is 11.1 Å². The van der Waals surface area contributed by atoms with Crippen LogP contribution in [0.3, 0.4) is 0 Å². The quantitative estimate of drug-likeness (QED) is 0.259. The Labute approximate surface area is 148 Å². The minimum Gasteiger partial charge on any atom is -0.147 e. The fourth-order valence-electron chi connectivity index (χ4n) is 3.73. The van der Waals surface area contributed by atoms with E-state index in [0.717, 1.165) is 6.42 Å². The van der Waals surface area contributed by atoms with Crippen molar-refractivity contribution in [2.45, 2.75) is 6.42 Å². The normalized spacial score (nSPS) is 12.0. The van der Waals surface area contributed by atoms with Crippen LogP contribution in [0.25, 0.3) is 32.7 Å². The van der Waals surface area contributed by atoms with Gasteiger partial charge in [0.15, 0.2) is 0 Å². The van der Waals surface area contributed by atoms with Gasteiger partial charge >= 0.3 is 0 Å². The van der Waals surface area contributed by atoms with Crippen LogP contribution in [-0.4, -0.2) is 0 Å². The van der Waals surface area contributed by atoms with Crippen molar-refractivity contribution < 1.29 is 26.2 Å². The van der Waals surface area contributed by atoms with Crippen molar-refractivity contribution in [3.63, 3.8) is 0 Å². The van der Waals surface area contributed by atoms with Gasteiger partial charge in [0.2, 0.25) is 0 Å². The van der Waals surface area contributed by atoms with E-state index in [1.807, 2.05) is 6.07 Å². The van der Waals surface area contributed by atoms with Gasteiger partial charge in [0.1, 0.15) is 0 Å². The van der Waals surface area contributed by atoms with Crippen LogP contribution >= 0.6 is 0 Å². The minimum absolute atomic E-state index is 0. The molecule has 0 radical (unpaired) electrons. The van der Waals surface area contributed by atoms with Gasteiger partial charge in [0, 0.05) is 26.2 Å². The van der Waals surface area contributed by atoms with Gasteiger partial charge in [-0.15, -0.1) is 40.6 Å². The summed E-state index contributed by atoms with van der Waals surface area (Å²) in [4.78, 5) is 0. The molecule has 4 aromatic rings. The molecule has 0 aromatic heterocycles. The maximum absolute atomic E-state index is 3.48. The van der Waals surface area contributed by atoms with Crippen molar-refractivity contribution in [1.29, 1.82) is 0 Å². The molecule has 102 valence electrons. The predicted molar refractivity (Wildman–Crippen MR) is 88.5 cm³/mol. The first-order chi connectivity index (χ1) is 10.4. The topological polar surface area (TPSA) is 0 Å². The third kappa shape index (κ3) is 1.79. The SMILES string of the molecule is [Zr].[c-]1cccc2c1c1c(c3ccccc32)-c2ccccc2C1. The van der Waals surface area contributed by atoms with Gasteiger partial charge in [0.05, 0.1) is 0 Å². The molecule has 0 heterocycles. The van der Waals surface area contributed by atoms with Crippen LogP contribution in [0.5, 0.6) is 0 Å². The van der Waals surface area contributed by atoms with Crippen LogP contribution in [0, 0.1) is 6.07 Å². The fourth-order valence-corrected chi connectivity index (χ4v) is 3.73. The number of hydrogen-bond acceptors (Lipinski definition) is 0. The maximum Gasteiger partial charge on any atom is 0 e. The maximum atomic E-state index is 3.48. The molecular weight excluding hydrogens is 343 g/mol. The molecule has 0 nitrogen and oxygen atoms in total. The van der Waals surface area contributed by atoms with Gasteiger partial charge in [0.25, 0.3) is 0 Å². The van der Waals surface area contributed by atoms with Gasteiger partial charge in [-0.2, -0.15) is 0 Å². The summed E-state index contributed by atoms with van der Waals surface area (Å²) in [7, 11) is 0. The zero-order valence-electron chi connectivity index (χ0n) is 12.1. The van der Waals surface area contributed by atoms with E-state index in [1.54, 1.807) is 0 Å². The number of benzene rings is 4. The summed E-state index contributed by atoms with van der Waals surface area (Å²) >= 11 is 0. The van der Waals surface area contributed by atoms with Gasteiger partial charge < -0.3 is 0 Å². The number of fused-ring (bicyclic) bond motifs is 8. The average Bonchev–Trinajstić information content (AvgIpc) is 2.95. The molecule has 0 unspecified atom stereocenters. The monoisotopic (exact) mass is 355 g/mol. The molecule has 5 rings (SSSR count). The molecule has 0 amide bonds. The molecular formula is C21H13Zr-. The van der Waals surface area contributed by atoms with Gasteiger partial charge in [-0.25, -0.2) is 0 Å². The Kier molecular flexibility index (Phi) is 3.27. The van der Waals surface area contributed by atoms with E-state index in [4.69, 9.17) is 0 Å². The van der Waals surface area contributed by atoms with E-state index in [9.17, 15) is 0 Å². The third-order valence-electron chi connectivity index (χ3n) is 4.60. The number of hydrogen-bond donors (Lipinski definition) is 0. The first-order valence-electron chi connectivity index (χ1n) is 7.36. The summed E-state index contributed by atoms with van der Waals surface area (Å²) in [5, 5.41) is 5.30. The molecule has 0 N–H and O–H groups in total. The van der Waals surface area contributed by atoms with Crippen molar-refractivity contribution in [2.75, 3.05) is 0 Å². The van der Waals surface area contributed by atoms with Crippen LogP contribution in [0.15, 0.2) is 66.7 Å². The first kappa shape index (κ1) is 13.9. The Morgan fingerprint density at radius 1 is 0.727 bits per heavy atom. The number of rotatable bonds is 0. The van der Waals surface area contributed by atoms with E-state index in [1.165, 1.54) is 43.8 Å². The second-order valence-corrected chi connectivity index (χ2v) is 5.69. The smallest absolute Gasteiger partial charge is 0 e. The molecule has 0 aliphatic heterocycles. The molecule has 0 spiro atoms. The third-order valence-corrected chi connectivity index (χ3v) is 4.60. The van der Waals surface area contributed by atoms with Crippen LogP contribution < -0.4 is 0 Å². The zero-order chi connectivity index (χ0) is 13.8. The van der Waals surface area contributed by atoms with E-state index >= 15 is 0 Å². The second-order valence-electron chi connectivity index (χ2n) is 5.69. The van der Waals surface area contributed by atoms with Gasteiger partial charge in [-0.3, -0.25) is 0 Å². The summed E-state index contributed by atoms with van der Waals surface area (Å²) in [5.41, 5.74) is 5.67. The van der Waals surface area contributed by atoms with Gasteiger partial charge in [-0.1, -0.05) is 53.9 Å². The van der Waals surface area contributed by atoms with Gasteiger partial charge in [-0.05, 0) is 28.5 Å². The van der Waals surface area contributed by atoms with Crippen molar-refractivity contribution in [2.24, 2.45) is 0 Å². The fraction of sp³-hybridized carbons (Fsp3) is 0.0476. The Hall–Kier alpha value is -1.72. The standard InChI is InChI=1S/C21H13.Zr/c1-2-8-15-14(7-1)13-20-18-11-4-3-9-16(18)17-10-5-6-12-19(17)21(15)20;/h1-10,12H,13H2;/q-1;. The molecule has 0 saturated heterocycles. The molecule has 1 heteroatoms. The Morgan fingerprint density at radius 3 is 2.36 bits per heavy atom. The first-order valence-corrected chi connectivity index (χ1v) is 7.36. The molecule has 1 aliphatic rings. The van der Waals surface area contributed by atoms with E-state index in [-0.39, 0.29) is 26.2 Å². The predicted octanol–water partition coefficient (Wildman–Crippen LogP) is 5.36. The Morgan fingerprint density at radius 2 is 1.45 bits per heavy atom. The van der Waals surface area contributed by atoms with Crippen molar-refractivity contribution in [3.05, 3.63) is 83.9 Å². The van der Waals surface area contributed by atoms with E-state index in [0.29, 0.717) is 0 Å². The van der Waals surface area contributed by atoms with E-state index < -0.39 is 0 Å². The van der Waals surface area contributed by atoms with Crippen molar-refractivity contribution >= 4 is 21.5 Å². The Balaban J connectivity index is 0.00000125. The van der Waals surface area contributed by atoms with E-state index in [2.05, 4.69) is 66.7 Å². The molecule has 0 bridgehead atoms. The molecule has 22 heavy (non-hydrogen) atoms. The summed E-state index contributed by atoms with van der Waals surface area (Å²) in [5.74, 6) is 0. The van der Waals surface area contributed by atoms with Crippen LogP contribution in [-0.2, 0) is 32.6 Å². The Bertz CT molecular complexity index is 1010. The van der Waals surface area contributed by atoms with Crippen LogP contribution in [0.4, 0.5) is 0 Å². The average molecular weight is 357 g/mol. The summed E-state index contributed by atoms with van der Waals surface area (Å²) in [6.07, 6.45) is 1.02. The molecule has 0 fully saturated rings. The molecule has 4 aromatic carbocycles.